The molecule has 2 aliphatic rings. The fourth-order valence-electron chi connectivity index (χ4n) is 3.41. The molecule has 1 atom stereocenters. The van der Waals surface area contributed by atoms with Gasteiger partial charge in [-0.1, -0.05) is 24.3 Å². The Balaban J connectivity index is 1.54. The van der Waals surface area contributed by atoms with Crippen LogP contribution in [-0.4, -0.2) is 31.1 Å². The molecule has 0 saturated carbocycles. The van der Waals surface area contributed by atoms with Gasteiger partial charge in [-0.3, -0.25) is 0 Å². The Morgan fingerprint density at radius 1 is 1.17 bits per heavy atom. The number of fused-ring (bicyclic) bond motifs is 1. The highest BCUT2D eigenvalue weighted by Crippen LogP contribution is 2.27. The van der Waals surface area contributed by atoms with Crippen molar-refractivity contribution >= 4 is 0 Å². The smallest absolute Gasteiger partial charge is 0.0208 e. The van der Waals surface area contributed by atoms with Crippen molar-refractivity contribution < 1.29 is 0 Å². The predicted octanol–water partition coefficient (Wildman–Crippen LogP) is 2.75. The van der Waals surface area contributed by atoms with Crippen LogP contribution in [0.15, 0.2) is 24.3 Å². The van der Waals surface area contributed by atoms with Gasteiger partial charge < -0.3 is 10.2 Å². The van der Waals surface area contributed by atoms with E-state index in [1.54, 1.807) is 5.56 Å². The number of rotatable bonds is 4. The fraction of sp³-hybridized carbons (Fsp3) is 0.625. The van der Waals surface area contributed by atoms with E-state index >= 15 is 0 Å². The zero-order chi connectivity index (χ0) is 12.2. The van der Waals surface area contributed by atoms with Gasteiger partial charge in [0.15, 0.2) is 0 Å². The van der Waals surface area contributed by atoms with Crippen LogP contribution >= 0.6 is 0 Å². The van der Waals surface area contributed by atoms with Crippen LogP contribution in [0.1, 0.15) is 42.7 Å². The molecular formula is C16H24N2. The second-order valence-electron chi connectivity index (χ2n) is 5.72. The summed E-state index contributed by atoms with van der Waals surface area (Å²) in [5, 5.41) is 3.56. The number of hydrogen-bond donors (Lipinski definition) is 1. The molecule has 1 aromatic rings. The molecule has 0 aliphatic carbocycles. The lowest BCUT2D eigenvalue weighted by molar-refractivity contribution is 0.322. The second kappa shape index (κ2) is 5.85. The zero-order valence-electron chi connectivity index (χ0n) is 11.2. The molecule has 2 nitrogen and oxygen atoms in total. The zero-order valence-corrected chi connectivity index (χ0v) is 11.2. The van der Waals surface area contributed by atoms with Crippen molar-refractivity contribution in [1.29, 1.82) is 0 Å². The third-order valence-corrected chi connectivity index (χ3v) is 4.43. The van der Waals surface area contributed by atoms with Crippen LogP contribution in [0.2, 0.25) is 0 Å². The maximum absolute atomic E-state index is 3.56. The highest BCUT2D eigenvalue weighted by molar-refractivity contribution is 5.32. The molecule has 18 heavy (non-hydrogen) atoms. The van der Waals surface area contributed by atoms with Crippen molar-refractivity contribution in [3.8, 4) is 0 Å². The van der Waals surface area contributed by atoms with Crippen LogP contribution in [0, 0.1) is 0 Å². The van der Waals surface area contributed by atoms with Gasteiger partial charge in [0.1, 0.15) is 0 Å². The molecule has 0 bridgehead atoms. The average Bonchev–Trinajstić information content (AvgIpc) is 2.92. The number of benzene rings is 1. The molecule has 2 aliphatic heterocycles. The van der Waals surface area contributed by atoms with Gasteiger partial charge in [-0.25, -0.2) is 0 Å². The van der Waals surface area contributed by atoms with Crippen molar-refractivity contribution in [3.63, 3.8) is 0 Å². The average molecular weight is 244 g/mol. The van der Waals surface area contributed by atoms with Crippen LogP contribution in [0.5, 0.6) is 0 Å². The van der Waals surface area contributed by atoms with Gasteiger partial charge in [-0.05, 0) is 62.4 Å². The van der Waals surface area contributed by atoms with Crippen LogP contribution in [0.3, 0.4) is 0 Å². The summed E-state index contributed by atoms with van der Waals surface area (Å²) >= 11 is 0. The Bertz CT molecular complexity index is 382. The topological polar surface area (TPSA) is 15.3 Å². The minimum Gasteiger partial charge on any atom is -0.312 e. The van der Waals surface area contributed by atoms with Crippen molar-refractivity contribution in [1.82, 2.24) is 10.2 Å². The fourth-order valence-corrected chi connectivity index (χ4v) is 3.41. The SMILES string of the molecule is c1ccc2c(c1)CNCC2CCCN1CCCC1. The van der Waals surface area contributed by atoms with E-state index in [2.05, 4.69) is 34.5 Å². The Morgan fingerprint density at radius 3 is 2.89 bits per heavy atom. The van der Waals surface area contributed by atoms with E-state index in [4.69, 9.17) is 0 Å². The maximum atomic E-state index is 3.56. The highest BCUT2D eigenvalue weighted by Gasteiger charge is 2.19. The lowest BCUT2D eigenvalue weighted by Crippen LogP contribution is -2.29. The first kappa shape index (κ1) is 12.2. The summed E-state index contributed by atoms with van der Waals surface area (Å²) in [6.45, 7) is 6.19. The second-order valence-corrected chi connectivity index (χ2v) is 5.72. The van der Waals surface area contributed by atoms with Crippen LogP contribution in [0.25, 0.3) is 0 Å². The molecule has 98 valence electrons. The van der Waals surface area contributed by atoms with Gasteiger partial charge in [0.05, 0.1) is 0 Å². The summed E-state index contributed by atoms with van der Waals surface area (Å²) in [6, 6.07) is 8.95. The molecule has 1 fully saturated rings. The van der Waals surface area contributed by atoms with Gasteiger partial charge in [-0.2, -0.15) is 0 Å². The molecule has 2 heteroatoms. The first-order valence-electron chi connectivity index (χ1n) is 7.44. The monoisotopic (exact) mass is 244 g/mol. The van der Waals surface area contributed by atoms with Crippen molar-refractivity contribution in [2.45, 2.75) is 38.1 Å². The van der Waals surface area contributed by atoms with Crippen LogP contribution in [0.4, 0.5) is 0 Å². The maximum Gasteiger partial charge on any atom is 0.0208 e. The van der Waals surface area contributed by atoms with E-state index in [0.29, 0.717) is 0 Å². The summed E-state index contributed by atoms with van der Waals surface area (Å²) in [5.74, 6) is 0.734. The molecule has 1 unspecified atom stereocenters. The number of hydrogen-bond acceptors (Lipinski definition) is 2. The van der Waals surface area contributed by atoms with Crippen molar-refractivity contribution in [3.05, 3.63) is 35.4 Å². The molecule has 2 heterocycles. The summed E-state index contributed by atoms with van der Waals surface area (Å²) in [6.07, 6.45) is 5.50. The van der Waals surface area contributed by atoms with Gasteiger partial charge in [0.2, 0.25) is 0 Å². The lowest BCUT2D eigenvalue weighted by Gasteiger charge is -2.27. The molecule has 0 radical (unpaired) electrons. The molecule has 0 spiro atoms. The summed E-state index contributed by atoms with van der Waals surface area (Å²) < 4.78 is 0. The van der Waals surface area contributed by atoms with E-state index in [1.165, 1.54) is 50.9 Å². The Hall–Kier alpha value is -0.860. The van der Waals surface area contributed by atoms with E-state index < -0.39 is 0 Å². The van der Waals surface area contributed by atoms with Crippen LogP contribution < -0.4 is 5.32 Å². The third kappa shape index (κ3) is 2.76. The van der Waals surface area contributed by atoms with E-state index in [0.717, 1.165) is 19.0 Å². The summed E-state index contributed by atoms with van der Waals surface area (Å²) in [5.41, 5.74) is 3.10. The van der Waals surface area contributed by atoms with Gasteiger partial charge >= 0.3 is 0 Å². The molecule has 1 saturated heterocycles. The highest BCUT2D eigenvalue weighted by atomic mass is 15.1. The third-order valence-electron chi connectivity index (χ3n) is 4.43. The minimum atomic E-state index is 0.734. The molecule has 0 amide bonds. The number of nitrogens with one attached hydrogen (secondary N) is 1. The minimum absolute atomic E-state index is 0.734. The quantitative estimate of drug-likeness (QED) is 0.876. The van der Waals surface area contributed by atoms with E-state index in [9.17, 15) is 0 Å². The number of nitrogens with zero attached hydrogens (tertiary/aromatic N) is 1. The largest absolute Gasteiger partial charge is 0.312 e. The first-order chi connectivity index (χ1) is 8.93. The van der Waals surface area contributed by atoms with Gasteiger partial charge in [-0.15, -0.1) is 0 Å². The van der Waals surface area contributed by atoms with Crippen LogP contribution in [-0.2, 0) is 6.54 Å². The van der Waals surface area contributed by atoms with E-state index in [-0.39, 0.29) is 0 Å². The Labute approximate surface area is 110 Å². The summed E-state index contributed by atoms with van der Waals surface area (Å²) in [4.78, 5) is 2.63. The van der Waals surface area contributed by atoms with Crippen molar-refractivity contribution in [2.24, 2.45) is 0 Å². The molecule has 1 aromatic carbocycles. The molecule has 1 N–H and O–H groups in total. The Morgan fingerprint density at radius 2 is 2.00 bits per heavy atom. The first-order valence-corrected chi connectivity index (χ1v) is 7.44. The predicted molar refractivity (Wildman–Crippen MR) is 75.8 cm³/mol. The standard InChI is InChI=1S/C16H24N2/c1-2-8-16-14(6-1)12-17-13-15(16)7-5-11-18-9-3-4-10-18/h1-2,6,8,15,17H,3-5,7,9-13H2. The molecule has 3 rings (SSSR count). The normalized spacial score (nSPS) is 24.1. The van der Waals surface area contributed by atoms with E-state index in [1.807, 2.05) is 0 Å². The van der Waals surface area contributed by atoms with Gasteiger partial charge in [0.25, 0.3) is 0 Å². The molecule has 0 aromatic heterocycles. The van der Waals surface area contributed by atoms with Crippen molar-refractivity contribution in [2.75, 3.05) is 26.2 Å². The Kier molecular flexibility index (Phi) is 3.96. The summed E-state index contributed by atoms with van der Waals surface area (Å²) in [7, 11) is 0. The lowest BCUT2D eigenvalue weighted by atomic mass is 9.87. The molecular weight excluding hydrogens is 220 g/mol. The van der Waals surface area contributed by atoms with Gasteiger partial charge in [0, 0.05) is 13.1 Å². The number of likely N-dealkylation sites (tertiary alicyclic amines) is 1.